The highest BCUT2D eigenvalue weighted by molar-refractivity contribution is 5.85. The first-order valence-corrected chi connectivity index (χ1v) is 4.47. The Bertz CT molecular complexity index is 312. The molecule has 0 aliphatic heterocycles. The number of hydrogen-bond acceptors (Lipinski definition) is 3. The highest BCUT2D eigenvalue weighted by atomic mass is 35.5. The summed E-state index contributed by atoms with van der Waals surface area (Å²) in [5.74, 6) is -0.388. The van der Waals surface area contributed by atoms with E-state index in [2.05, 4.69) is 4.74 Å². The molecule has 0 amide bonds. The van der Waals surface area contributed by atoms with Gasteiger partial charge in [0.15, 0.2) is 0 Å². The van der Waals surface area contributed by atoms with Gasteiger partial charge in [-0.2, -0.15) is 0 Å². The number of methoxy groups -OCH3 is 1. The molecule has 0 aliphatic carbocycles. The minimum absolute atomic E-state index is 0. The second-order valence-electron chi connectivity index (χ2n) is 3.57. The number of carbonyl (C=O) groups excluding carboxylic acids is 1. The summed E-state index contributed by atoms with van der Waals surface area (Å²) < 4.78 is 4.62. The fourth-order valence-electron chi connectivity index (χ4n) is 1.33. The first-order chi connectivity index (χ1) is 6.56. The van der Waals surface area contributed by atoms with Gasteiger partial charge in [0, 0.05) is 6.42 Å². The molecule has 0 aliphatic rings. The lowest BCUT2D eigenvalue weighted by molar-refractivity contribution is -0.146. The van der Waals surface area contributed by atoms with Crippen LogP contribution in [0.4, 0.5) is 0 Å². The van der Waals surface area contributed by atoms with Crippen LogP contribution in [-0.2, 0) is 16.0 Å². The van der Waals surface area contributed by atoms with Crippen LogP contribution in [0.5, 0.6) is 0 Å². The average molecular weight is 230 g/mol. The molecule has 0 bridgehead atoms. The maximum Gasteiger partial charge on any atom is 0.325 e. The van der Waals surface area contributed by atoms with Crippen molar-refractivity contribution >= 4 is 18.4 Å². The van der Waals surface area contributed by atoms with Gasteiger partial charge in [0.1, 0.15) is 5.54 Å². The van der Waals surface area contributed by atoms with Crippen LogP contribution in [0.15, 0.2) is 30.3 Å². The molecule has 0 unspecified atom stereocenters. The van der Waals surface area contributed by atoms with Gasteiger partial charge >= 0.3 is 5.97 Å². The number of ether oxygens (including phenoxy) is 1. The number of hydrogen-bond donors (Lipinski definition) is 1. The van der Waals surface area contributed by atoms with Crippen molar-refractivity contribution in [3.8, 4) is 0 Å². The summed E-state index contributed by atoms with van der Waals surface area (Å²) in [4.78, 5) is 11.3. The first-order valence-electron chi connectivity index (χ1n) is 4.47. The van der Waals surface area contributed by atoms with E-state index in [1.54, 1.807) is 6.92 Å². The van der Waals surface area contributed by atoms with Crippen LogP contribution >= 0.6 is 12.4 Å². The summed E-state index contributed by atoms with van der Waals surface area (Å²) >= 11 is 0. The Labute approximate surface area is 96.0 Å². The molecule has 2 N–H and O–H groups in total. The van der Waals surface area contributed by atoms with Crippen LogP contribution in [0.2, 0.25) is 0 Å². The number of benzene rings is 1. The second kappa shape index (κ2) is 5.73. The lowest BCUT2D eigenvalue weighted by Gasteiger charge is -2.21. The maximum absolute atomic E-state index is 11.3. The van der Waals surface area contributed by atoms with Gasteiger partial charge in [-0.15, -0.1) is 12.4 Å². The Morgan fingerprint density at radius 2 is 1.93 bits per heavy atom. The Morgan fingerprint density at radius 3 is 2.40 bits per heavy atom. The molecule has 4 heteroatoms. The van der Waals surface area contributed by atoms with E-state index in [4.69, 9.17) is 5.73 Å². The Kier molecular flexibility index (Phi) is 5.33. The normalized spacial score (nSPS) is 13.5. The molecule has 0 fully saturated rings. The van der Waals surface area contributed by atoms with Crippen molar-refractivity contribution in [2.24, 2.45) is 5.73 Å². The van der Waals surface area contributed by atoms with E-state index in [1.807, 2.05) is 30.3 Å². The molecule has 0 heterocycles. The van der Waals surface area contributed by atoms with E-state index >= 15 is 0 Å². The minimum Gasteiger partial charge on any atom is -0.468 e. The third-order valence-electron chi connectivity index (χ3n) is 2.07. The number of carbonyl (C=O) groups is 1. The van der Waals surface area contributed by atoms with E-state index in [0.717, 1.165) is 5.56 Å². The first kappa shape index (κ1) is 13.9. The predicted octanol–water partition coefficient (Wildman–Crippen LogP) is 1.54. The summed E-state index contributed by atoms with van der Waals surface area (Å²) in [7, 11) is 1.35. The molecule has 0 spiro atoms. The van der Waals surface area contributed by atoms with Gasteiger partial charge in [-0.3, -0.25) is 4.79 Å². The Hall–Kier alpha value is -1.06. The van der Waals surface area contributed by atoms with Crippen molar-refractivity contribution in [2.75, 3.05) is 7.11 Å². The number of nitrogens with two attached hydrogens (primary N) is 1. The molecule has 0 aromatic heterocycles. The third kappa shape index (κ3) is 3.90. The van der Waals surface area contributed by atoms with E-state index in [0.29, 0.717) is 6.42 Å². The molecule has 15 heavy (non-hydrogen) atoms. The monoisotopic (exact) mass is 229 g/mol. The number of halogens is 1. The van der Waals surface area contributed by atoms with Crippen LogP contribution < -0.4 is 5.73 Å². The molecule has 0 radical (unpaired) electrons. The van der Waals surface area contributed by atoms with Gasteiger partial charge in [0.2, 0.25) is 0 Å². The van der Waals surface area contributed by atoms with Crippen molar-refractivity contribution in [1.29, 1.82) is 0 Å². The summed E-state index contributed by atoms with van der Waals surface area (Å²) in [6.07, 6.45) is 0.487. The van der Waals surface area contributed by atoms with Crippen molar-refractivity contribution in [3.05, 3.63) is 35.9 Å². The van der Waals surface area contributed by atoms with Gasteiger partial charge in [-0.25, -0.2) is 0 Å². The van der Waals surface area contributed by atoms with Crippen molar-refractivity contribution in [2.45, 2.75) is 18.9 Å². The zero-order valence-electron chi connectivity index (χ0n) is 8.90. The molecule has 1 aromatic carbocycles. The summed E-state index contributed by atoms with van der Waals surface area (Å²) in [5, 5.41) is 0. The predicted molar refractivity (Wildman–Crippen MR) is 62.0 cm³/mol. The second-order valence-corrected chi connectivity index (χ2v) is 3.57. The SMILES string of the molecule is COC(=O)[C@](C)(N)Cc1ccccc1.Cl. The fourth-order valence-corrected chi connectivity index (χ4v) is 1.33. The fraction of sp³-hybridized carbons (Fsp3) is 0.364. The van der Waals surface area contributed by atoms with Gasteiger partial charge < -0.3 is 10.5 Å². The van der Waals surface area contributed by atoms with Crippen LogP contribution in [0.3, 0.4) is 0 Å². The maximum atomic E-state index is 11.3. The molecule has 1 rings (SSSR count). The minimum atomic E-state index is -0.948. The molecular weight excluding hydrogens is 214 g/mol. The topological polar surface area (TPSA) is 52.3 Å². The lowest BCUT2D eigenvalue weighted by atomic mass is 9.94. The Balaban J connectivity index is 0.00000196. The van der Waals surface area contributed by atoms with E-state index in [1.165, 1.54) is 7.11 Å². The Morgan fingerprint density at radius 1 is 1.40 bits per heavy atom. The standard InChI is InChI=1S/C11H15NO2.ClH/c1-11(12,10(13)14-2)8-9-6-4-3-5-7-9;/h3-7H,8,12H2,1-2H3;1H/t11-;/m1./s1. The van der Waals surface area contributed by atoms with E-state index in [9.17, 15) is 4.79 Å². The zero-order chi connectivity index (χ0) is 10.6. The van der Waals surface area contributed by atoms with Gasteiger partial charge in [-0.05, 0) is 12.5 Å². The molecule has 1 aromatic rings. The molecule has 0 saturated carbocycles. The van der Waals surface area contributed by atoms with Crippen LogP contribution in [-0.4, -0.2) is 18.6 Å². The van der Waals surface area contributed by atoms with Crippen LogP contribution in [0.25, 0.3) is 0 Å². The molecular formula is C11H16ClNO2. The highest BCUT2D eigenvalue weighted by Gasteiger charge is 2.29. The quantitative estimate of drug-likeness (QED) is 0.800. The largest absolute Gasteiger partial charge is 0.468 e. The summed E-state index contributed by atoms with van der Waals surface area (Å²) in [6.45, 7) is 1.67. The summed E-state index contributed by atoms with van der Waals surface area (Å²) in [5.41, 5.74) is 5.91. The van der Waals surface area contributed by atoms with E-state index < -0.39 is 5.54 Å². The molecule has 84 valence electrons. The molecule has 0 saturated heterocycles. The lowest BCUT2D eigenvalue weighted by Crippen LogP contribution is -2.47. The average Bonchev–Trinajstić information content (AvgIpc) is 2.17. The zero-order valence-corrected chi connectivity index (χ0v) is 9.71. The number of esters is 1. The smallest absolute Gasteiger partial charge is 0.325 e. The molecule has 1 atom stereocenters. The van der Waals surface area contributed by atoms with Gasteiger partial charge in [0.05, 0.1) is 7.11 Å². The van der Waals surface area contributed by atoms with Gasteiger partial charge in [-0.1, -0.05) is 30.3 Å². The number of rotatable bonds is 3. The third-order valence-corrected chi connectivity index (χ3v) is 2.07. The van der Waals surface area contributed by atoms with Crippen molar-refractivity contribution in [3.63, 3.8) is 0 Å². The van der Waals surface area contributed by atoms with Crippen LogP contribution in [0, 0.1) is 0 Å². The molecule has 3 nitrogen and oxygen atoms in total. The van der Waals surface area contributed by atoms with Crippen molar-refractivity contribution < 1.29 is 9.53 Å². The van der Waals surface area contributed by atoms with Gasteiger partial charge in [0.25, 0.3) is 0 Å². The van der Waals surface area contributed by atoms with E-state index in [-0.39, 0.29) is 18.4 Å². The van der Waals surface area contributed by atoms with Crippen molar-refractivity contribution in [1.82, 2.24) is 0 Å². The summed E-state index contributed by atoms with van der Waals surface area (Å²) in [6, 6.07) is 9.64. The highest BCUT2D eigenvalue weighted by Crippen LogP contribution is 2.11. The van der Waals surface area contributed by atoms with Crippen LogP contribution in [0.1, 0.15) is 12.5 Å².